The standard InChI is InChI=1S/C17H23N3O4/c1-3-12(2)18-16(21)11-19-6-7-20(17(19)22)13-4-5-14-15(10-13)24-9-8-23-14/h4-5,10,12H,3,6-9,11H2,1-2H3,(H,18,21). The lowest BCUT2D eigenvalue weighted by molar-refractivity contribution is -0.122. The molecule has 130 valence electrons. The van der Waals surface area contributed by atoms with Crippen LogP contribution < -0.4 is 19.7 Å². The van der Waals surface area contributed by atoms with Gasteiger partial charge in [-0.1, -0.05) is 6.92 Å². The topological polar surface area (TPSA) is 71.1 Å². The van der Waals surface area contributed by atoms with Crippen LogP contribution in [0.3, 0.4) is 0 Å². The molecule has 1 atom stereocenters. The van der Waals surface area contributed by atoms with Crippen molar-refractivity contribution in [2.45, 2.75) is 26.3 Å². The average molecular weight is 333 g/mol. The largest absolute Gasteiger partial charge is 0.486 e. The molecule has 0 bridgehead atoms. The van der Waals surface area contributed by atoms with Crippen molar-refractivity contribution in [1.29, 1.82) is 0 Å². The molecular formula is C17H23N3O4. The highest BCUT2D eigenvalue weighted by Gasteiger charge is 2.31. The first-order chi connectivity index (χ1) is 11.6. The highest BCUT2D eigenvalue weighted by molar-refractivity contribution is 5.96. The zero-order valence-electron chi connectivity index (χ0n) is 14.1. The minimum atomic E-state index is -0.161. The fraction of sp³-hybridized carbons (Fsp3) is 0.529. The van der Waals surface area contributed by atoms with Gasteiger partial charge in [0.15, 0.2) is 11.5 Å². The number of rotatable bonds is 5. The van der Waals surface area contributed by atoms with Crippen LogP contribution in [-0.4, -0.2) is 55.7 Å². The molecule has 24 heavy (non-hydrogen) atoms. The molecule has 7 heteroatoms. The van der Waals surface area contributed by atoms with Crippen molar-refractivity contribution in [3.8, 4) is 11.5 Å². The van der Waals surface area contributed by atoms with Gasteiger partial charge in [-0.05, 0) is 25.5 Å². The summed E-state index contributed by atoms with van der Waals surface area (Å²) >= 11 is 0. The maximum atomic E-state index is 12.6. The predicted molar refractivity (Wildman–Crippen MR) is 89.6 cm³/mol. The van der Waals surface area contributed by atoms with Crippen LogP contribution in [0.1, 0.15) is 20.3 Å². The SMILES string of the molecule is CCC(C)NC(=O)CN1CCN(c2ccc3c(c2)OCCO3)C1=O. The van der Waals surface area contributed by atoms with Crippen molar-refractivity contribution in [3.63, 3.8) is 0 Å². The normalized spacial score (nSPS) is 17.8. The van der Waals surface area contributed by atoms with Gasteiger partial charge in [-0.3, -0.25) is 9.69 Å². The van der Waals surface area contributed by atoms with Crippen LogP contribution in [0.5, 0.6) is 11.5 Å². The van der Waals surface area contributed by atoms with Crippen LogP contribution in [0.15, 0.2) is 18.2 Å². The van der Waals surface area contributed by atoms with E-state index >= 15 is 0 Å². The quantitative estimate of drug-likeness (QED) is 0.889. The van der Waals surface area contributed by atoms with Crippen LogP contribution in [-0.2, 0) is 4.79 Å². The van der Waals surface area contributed by atoms with E-state index in [2.05, 4.69) is 5.32 Å². The highest BCUT2D eigenvalue weighted by atomic mass is 16.6. The Morgan fingerprint density at radius 1 is 1.25 bits per heavy atom. The molecule has 1 unspecified atom stereocenters. The first kappa shape index (κ1) is 16.4. The lowest BCUT2D eigenvalue weighted by Crippen LogP contribution is -2.42. The number of ether oxygens (including phenoxy) is 2. The van der Waals surface area contributed by atoms with E-state index in [1.54, 1.807) is 9.80 Å². The van der Waals surface area contributed by atoms with Crippen LogP contribution in [0.2, 0.25) is 0 Å². The smallest absolute Gasteiger partial charge is 0.325 e. The van der Waals surface area contributed by atoms with Crippen LogP contribution in [0.4, 0.5) is 10.5 Å². The molecule has 0 spiro atoms. The van der Waals surface area contributed by atoms with Gasteiger partial charge in [0, 0.05) is 30.9 Å². The van der Waals surface area contributed by atoms with Gasteiger partial charge < -0.3 is 19.7 Å². The van der Waals surface area contributed by atoms with Crippen molar-refractivity contribution in [1.82, 2.24) is 10.2 Å². The van der Waals surface area contributed by atoms with Crippen LogP contribution in [0, 0.1) is 0 Å². The van der Waals surface area contributed by atoms with E-state index in [1.165, 1.54) is 0 Å². The first-order valence-electron chi connectivity index (χ1n) is 8.34. The molecule has 0 radical (unpaired) electrons. The van der Waals surface area contributed by atoms with E-state index in [0.717, 1.165) is 12.1 Å². The number of carbonyl (C=O) groups is 2. The summed E-state index contributed by atoms with van der Waals surface area (Å²) in [4.78, 5) is 27.8. The Bertz CT molecular complexity index is 634. The van der Waals surface area contributed by atoms with Crippen molar-refractivity contribution < 1.29 is 19.1 Å². The van der Waals surface area contributed by atoms with Crippen molar-refractivity contribution >= 4 is 17.6 Å². The number of nitrogens with zero attached hydrogens (tertiary/aromatic N) is 2. The molecule has 1 saturated heterocycles. The van der Waals surface area contributed by atoms with Gasteiger partial charge in [0.1, 0.15) is 19.8 Å². The number of hydrogen-bond acceptors (Lipinski definition) is 4. The summed E-state index contributed by atoms with van der Waals surface area (Å²) in [6.45, 7) is 6.17. The lowest BCUT2D eigenvalue weighted by atomic mass is 10.2. The predicted octanol–water partition coefficient (Wildman–Crippen LogP) is 1.61. The first-order valence-corrected chi connectivity index (χ1v) is 8.34. The van der Waals surface area contributed by atoms with Crippen molar-refractivity contribution in [3.05, 3.63) is 18.2 Å². The Labute approximate surface area is 141 Å². The fourth-order valence-corrected chi connectivity index (χ4v) is 2.76. The van der Waals surface area contributed by atoms with Gasteiger partial charge in [-0.15, -0.1) is 0 Å². The lowest BCUT2D eigenvalue weighted by Gasteiger charge is -2.22. The van der Waals surface area contributed by atoms with Crippen LogP contribution >= 0.6 is 0 Å². The Morgan fingerprint density at radius 3 is 2.75 bits per heavy atom. The molecule has 1 aromatic rings. The number of amides is 3. The molecule has 1 aromatic carbocycles. The summed E-state index contributed by atoms with van der Waals surface area (Å²) in [5.74, 6) is 1.22. The third-order valence-electron chi connectivity index (χ3n) is 4.29. The zero-order chi connectivity index (χ0) is 17.1. The van der Waals surface area contributed by atoms with Crippen molar-refractivity contribution in [2.75, 3.05) is 37.7 Å². The maximum absolute atomic E-state index is 12.6. The van der Waals surface area contributed by atoms with Gasteiger partial charge in [0.2, 0.25) is 5.91 Å². The number of carbonyl (C=O) groups excluding carboxylic acids is 2. The molecule has 1 N–H and O–H groups in total. The number of hydrogen-bond donors (Lipinski definition) is 1. The molecule has 3 amide bonds. The zero-order valence-corrected chi connectivity index (χ0v) is 14.1. The summed E-state index contributed by atoms with van der Waals surface area (Å²) in [5, 5.41) is 2.88. The minimum absolute atomic E-state index is 0.0875. The average Bonchev–Trinajstić information content (AvgIpc) is 2.95. The number of urea groups is 1. The fourth-order valence-electron chi connectivity index (χ4n) is 2.76. The van der Waals surface area contributed by atoms with E-state index < -0.39 is 0 Å². The minimum Gasteiger partial charge on any atom is -0.486 e. The Balaban J connectivity index is 1.65. The second-order valence-corrected chi connectivity index (χ2v) is 6.06. The number of fused-ring (bicyclic) bond motifs is 1. The number of anilines is 1. The third-order valence-corrected chi connectivity index (χ3v) is 4.29. The van der Waals surface area contributed by atoms with Gasteiger partial charge in [-0.25, -0.2) is 4.79 Å². The number of benzene rings is 1. The van der Waals surface area contributed by atoms with E-state index in [9.17, 15) is 9.59 Å². The van der Waals surface area contributed by atoms with E-state index in [1.807, 2.05) is 32.0 Å². The molecular weight excluding hydrogens is 310 g/mol. The molecule has 0 aromatic heterocycles. The highest BCUT2D eigenvalue weighted by Crippen LogP contribution is 2.34. The van der Waals surface area contributed by atoms with E-state index in [0.29, 0.717) is 37.8 Å². The molecule has 3 rings (SSSR count). The molecule has 7 nitrogen and oxygen atoms in total. The van der Waals surface area contributed by atoms with Crippen LogP contribution in [0.25, 0.3) is 0 Å². The second-order valence-electron chi connectivity index (χ2n) is 6.06. The Morgan fingerprint density at radius 2 is 2.00 bits per heavy atom. The van der Waals surface area contributed by atoms with Crippen molar-refractivity contribution in [2.24, 2.45) is 0 Å². The van der Waals surface area contributed by atoms with Gasteiger partial charge in [-0.2, -0.15) is 0 Å². The molecule has 1 fully saturated rings. The Kier molecular flexibility index (Phi) is 4.78. The molecule has 0 aliphatic carbocycles. The van der Waals surface area contributed by atoms with Gasteiger partial charge in [0.05, 0.1) is 0 Å². The van der Waals surface area contributed by atoms with Gasteiger partial charge >= 0.3 is 6.03 Å². The van der Waals surface area contributed by atoms with E-state index in [4.69, 9.17) is 9.47 Å². The molecule has 2 aliphatic rings. The summed E-state index contributed by atoms with van der Waals surface area (Å²) < 4.78 is 11.1. The number of nitrogens with one attached hydrogen (secondary N) is 1. The summed E-state index contributed by atoms with van der Waals surface area (Å²) in [6, 6.07) is 5.42. The monoisotopic (exact) mass is 333 g/mol. The Hall–Kier alpha value is -2.44. The third kappa shape index (κ3) is 3.39. The molecule has 0 saturated carbocycles. The molecule has 2 heterocycles. The van der Waals surface area contributed by atoms with E-state index in [-0.39, 0.29) is 24.5 Å². The second kappa shape index (κ2) is 6.98. The summed E-state index contributed by atoms with van der Waals surface area (Å²) in [6.07, 6.45) is 0.864. The maximum Gasteiger partial charge on any atom is 0.325 e. The molecule has 2 aliphatic heterocycles. The summed E-state index contributed by atoms with van der Waals surface area (Å²) in [5.41, 5.74) is 0.758. The van der Waals surface area contributed by atoms with Gasteiger partial charge in [0.25, 0.3) is 0 Å². The summed E-state index contributed by atoms with van der Waals surface area (Å²) in [7, 11) is 0.